The van der Waals surface area contributed by atoms with Crippen LogP contribution in [-0.4, -0.2) is 44.4 Å². The van der Waals surface area contributed by atoms with E-state index in [1.165, 1.54) is 0 Å². The molecule has 1 amide bonds. The van der Waals surface area contributed by atoms with Gasteiger partial charge in [0.1, 0.15) is 17.2 Å². The Balaban J connectivity index is 1.39. The number of halogens is 2. The van der Waals surface area contributed by atoms with E-state index in [-0.39, 0.29) is 23.3 Å². The number of nitrogens with zero attached hydrogens (tertiary/aromatic N) is 3. The summed E-state index contributed by atoms with van der Waals surface area (Å²) in [4.78, 5) is 28.7. The second-order valence-corrected chi connectivity index (χ2v) is 14.5. The third kappa shape index (κ3) is 5.80. The zero-order chi connectivity index (χ0) is 36.5. The fourth-order valence-electron chi connectivity index (χ4n) is 7.86. The Morgan fingerprint density at radius 1 is 0.922 bits per heavy atom. The van der Waals surface area contributed by atoms with Gasteiger partial charge in [-0.15, -0.1) is 0 Å². The van der Waals surface area contributed by atoms with Gasteiger partial charge in [0.2, 0.25) is 0 Å². The maximum atomic E-state index is 15.0. The molecule has 1 unspecified atom stereocenters. The van der Waals surface area contributed by atoms with Crippen LogP contribution in [-0.2, 0) is 13.5 Å². The SMILES string of the molecule is Cc1cc(OCCCc2c3n(c4c(-c5c(C)cc(O)cc5C)c(Cl)ccc24)C(C)CN(c2cn(C)c4ccc(C(=O)O)cc24)C3=O)cc(C)c1Cl. The van der Waals surface area contributed by atoms with E-state index in [0.29, 0.717) is 47.8 Å². The number of rotatable bonds is 8. The summed E-state index contributed by atoms with van der Waals surface area (Å²) in [5.41, 5.74) is 9.41. The second-order valence-electron chi connectivity index (χ2n) is 13.7. The van der Waals surface area contributed by atoms with E-state index in [1.807, 2.05) is 69.8 Å². The number of aromatic carboxylic acids is 1. The van der Waals surface area contributed by atoms with Crippen molar-refractivity contribution in [1.82, 2.24) is 9.13 Å². The minimum atomic E-state index is -1.03. The number of amides is 1. The fourth-order valence-corrected chi connectivity index (χ4v) is 8.21. The highest BCUT2D eigenvalue weighted by Gasteiger charge is 2.37. The molecule has 8 nitrogen and oxygen atoms in total. The van der Waals surface area contributed by atoms with Gasteiger partial charge >= 0.3 is 5.97 Å². The first-order valence-electron chi connectivity index (χ1n) is 17.0. The molecule has 2 N–H and O–H groups in total. The third-order valence-corrected chi connectivity index (χ3v) is 11.0. The lowest BCUT2D eigenvalue weighted by Crippen LogP contribution is -2.42. The lowest BCUT2D eigenvalue weighted by atomic mass is 9.93. The Morgan fingerprint density at radius 3 is 2.27 bits per heavy atom. The summed E-state index contributed by atoms with van der Waals surface area (Å²) < 4.78 is 10.3. The highest BCUT2D eigenvalue weighted by molar-refractivity contribution is 6.35. The molecule has 7 rings (SSSR count). The Morgan fingerprint density at radius 2 is 1.61 bits per heavy atom. The second kappa shape index (κ2) is 13.0. The highest BCUT2D eigenvalue weighted by Crippen LogP contribution is 2.46. The highest BCUT2D eigenvalue weighted by atomic mass is 35.5. The van der Waals surface area contributed by atoms with E-state index in [9.17, 15) is 19.8 Å². The van der Waals surface area contributed by atoms with Crippen molar-refractivity contribution in [3.63, 3.8) is 0 Å². The van der Waals surface area contributed by atoms with Crippen molar-refractivity contribution in [1.29, 1.82) is 0 Å². The van der Waals surface area contributed by atoms with Crippen molar-refractivity contribution in [3.05, 3.63) is 110 Å². The number of fused-ring (bicyclic) bond motifs is 4. The number of phenolic OH excluding ortho intramolecular Hbond substituents is 1. The minimum absolute atomic E-state index is 0.159. The number of hydrogen-bond acceptors (Lipinski definition) is 4. The first-order valence-corrected chi connectivity index (χ1v) is 17.7. The summed E-state index contributed by atoms with van der Waals surface area (Å²) in [6.45, 7) is 10.7. The van der Waals surface area contributed by atoms with Crippen LogP contribution in [0.5, 0.6) is 11.5 Å². The van der Waals surface area contributed by atoms with Crippen LogP contribution in [0.25, 0.3) is 32.9 Å². The van der Waals surface area contributed by atoms with Gasteiger partial charge in [-0.05, 0) is 129 Å². The van der Waals surface area contributed by atoms with Gasteiger partial charge in [0, 0.05) is 52.7 Å². The Kier molecular flexibility index (Phi) is 8.80. The summed E-state index contributed by atoms with van der Waals surface area (Å²) in [5, 5.41) is 23.1. The van der Waals surface area contributed by atoms with Crippen LogP contribution in [0.3, 0.4) is 0 Å². The quantitative estimate of drug-likeness (QED) is 0.152. The molecule has 262 valence electrons. The van der Waals surface area contributed by atoms with Crippen molar-refractivity contribution >= 4 is 62.6 Å². The molecule has 51 heavy (non-hydrogen) atoms. The lowest BCUT2D eigenvalue weighted by Gasteiger charge is -2.34. The lowest BCUT2D eigenvalue weighted by molar-refractivity contribution is 0.0696. The number of hydrogen-bond donors (Lipinski definition) is 2. The number of aryl methyl sites for hydroxylation is 6. The van der Waals surface area contributed by atoms with Gasteiger partial charge in [0.05, 0.1) is 28.4 Å². The van der Waals surface area contributed by atoms with Gasteiger partial charge in [0.25, 0.3) is 5.91 Å². The Bertz CT molecular complexity index is 2380. The van der Waals surface area contributed by atoms with Crippen LogP contribution in [0.1, 0.15) is 68.1 Å². The fraction of sp³-hybridized carbons (Fsp3) is 0.268. The maximum Gasteiger partial charge on any atom is 0.335 e. The normalized spacial score (nSPS) is 14.5. The molecular formula is C41H39Cl2N3O5. The van der Waals surface area contributed by atoms with Crippen molar-refractivity contribution < 1.29 is 24.5 Å². The predicted octanol–water partition coefficient (Wildman–Crippen LogP) is 9.98. The molecule has 0 saturated carbocycles. The molecule has 0 fully saturated rings. The number of ether oxygens (including phenoxy) is 1. The molecule has 4 aromatic carbocycles. The molecule has 0 spiro atoms. The van der Waals surface area contributed by atoms with E-state index < -0.39 is 5.97 Å². The molecule has 1 aliphatic heterocycles. The molecule has 0 aliphatic carbocycles. The van der Waals surface area contributed by atoms with Gasteiger partial charge in [-0.1, -0.05) is 29.3 Å². The zero-order valence-electron chi connectivity index (χ0n) is 29.4. The molecular weight excluding hydrogens is 685 g/mol. The molecule has 0 saturated heterocycles. The first-order chi connectivity index (χ1) is 24.3. The van der Waals surface area contributed by atoms with E-state index in [1.54, 1.807) is 35.2 Å². The number of phenols is 1. The third-order valence-electron chi connectivity index (χ3n) is 10.1. The van der Waals surface area contributed by atoms with Crippen LogP contribution < -0.4 is 9.64 Å². The van der Waals surface area contributed by atoms with Crippen LogP contribution in [0.4, 0.5) is 5.69 Å². The van der Waals surface area contributed by atoms with Gasteiger partial charge in [-0.25, -0.2) is 4.79 Å². The number of carboxylic acids is 1. The average Bonchev–Trinajstić information content (AvgIpc) is 3.58. The molecule has 1 aliphatic rings. The number of carboxylic acid groups (broad SMARTS) is 1. The number of benzene rings is 4. The number of carbonyl (C=O) groups excluding carboxylic acids is 1. The van der Waals surface area contributed by atoms with Crippen LogP contribution in [0.15, 0.2) is 60.8 Å². The van der Waals surface area contributed by atoms with E-state index in [4.69, 9.17) is 27.9 Å². The number of carbonyl (C=O) groups is 2. The van der Waals surface area contributed by atoms with Gasteiger partial charge < -0.3 is 29.0 Å². The standard InChI is InChI=1S/C41H39Cl2N3O5/c1-21-14-27(47)15-22(2)35(21)36-32(42)11-10-30-29(8-7-13-51-28-16-23(3)37(43)24(4)17-28)39-40(48)45(19-25(5)46(39)38(30)36)34-20-44(6)33-12-9-26(41(49)50)18-31(33)34/h9-12,14-18,20,25,47H,7-8,13,19H2,1-6H3,(H,49,50). The average molecular weight is 725 g/mol. The molecule has 0 radical (unpaired) electrons. The molecule has 2 aromatic heterocycles. The summed E-state index contributed by atoms with van der Waals surface area (Å²) in [7, 11) is 1.90. The number of aromatic hydroxyl groups is 1. The predicted molar refractivity (Wildman–Crippen MR) is 205 cm³/mol. The van der Waals surface area contributed by atoms with Gasteiger partial charge in [0.15, 0.2) is 0 Å². The van der Waals surface area contributed by atoms with E-state index in [2.05, 4.69) is 11.5 Å². The number of aromatic nitrogens is 2. The summed E-state index contributed by atoms with van der Waals surface area (Å²) in [6, 6.07) is 16.1. The monoisotopic (exact) mass is 723 g/mol. The van der Waals surface area contributed by atoms with E-state index >= 15 is 0 Å². The molecule has 0 bridgehead atoms. The molecule has 3 heterocycles. The summed E-state index contributed by atoms with van der Waals surface area (Å²) in [6.07, 6.45) is 3.10. The Labute approximate surface area is 306 Å². The van der Waals surface area contributed by atoms with E-state index in [0.717, 1.165) is 66.1 Å². The van der Waals surface area contributed by atoms with Crippen molar-refractivity contribution in [2.75, 3.05) is 18.1 Å². The van der Waals surface area contributed by atoms with Crippen LogP contribution in [0.2, 0.25) is 10.0 Å². The summed E-state index contributed by atoms with van der Waals surface area (Å²) >= 11 is 13.5. The van der Waals surface area contributed by atoms with Crippen molar-refractivity contribution in [2.24, 2.45) is 7.05 Å². The van der Waals surface area contributed by atoms with Crippen LogP contribution >= 0.6 is 23.2 Å². The van der Waals surface area contributed by atoms with Crippen molar-refractivity contribution in [3.8, 4) is 22.6 Å². The smallest absolute Gasteiger partial charge is 0.335 e. The minimum Gasteiger partial charge on any atom is -0.508 e. The maximum absolute atomic E-state index is 15.0. The first kappa shape index (κ1) is 34.5. The van der Waals surface area contributed by atoms with Gasteiger partial charge in [-0.3, -0.25) is 4.79 Å². The molecule has 1 atom stereocenters. The topological polar surface area (TPSA) is 96.9 Å². The van der Waals surface area contributed by atoms with Gasteiger partial charge in [-0.2, -0.15) is 0 Å². The zero-order valence-corrected chi connectivity index (χ0v) is 30.9. The largest absolute Gasteiger partial charge is 0.508 e. The summed E-state index contributed by atoms with van der Waals surface area (Å²) in [5.74, 6) is -0.263. The van der Waals surface area contributed by atoms with Crippen molar-refractivity contribution in [2.45, 2.75) is 53.5 Å². The Hall–Kier alpha value is -4.92. The number of anilines is 1. The van der Waals surface area contributed by atoms with Crippen LogP contribution in [0, 0.1) is 27.7 Å². The molecule has 10 heteroatoms. The molecule has 6 aromatic rings.